The van der Waals surface area contributed by atoms with Gasteiger partial charge in [0.05, 0.1) is 0 Å². The maximum absolute atomic E-state index is 12.4. The van der Waals surface area contributed by atoms with Crippen molar-refractivity contribution in [2.24, 2.45) is 23.2 Å². The Labute approximate surface area is 160 Å². The van der Waals surface area contributed by atoms with Crippen LogP contribution in [0.25, 0.3) is 0 Å². The first-order valence-electron chi connectivity index (χ1n) is 10.3. The maximum Gasteiger partial charge on any atom is 0.303 e. The smallest absolute Gasteiger partial charge is 0.303 e. The molecule has 26 heavy (non-hydrogen) atoms. The molecule has 1 rings (SSSR count). The Balaban J connectivity index is 2.53. The van der Waals surface area contributed by atoms with Crippen LogP contribution in [-0.4, -0.2) is 16.9 Å². The molecule has 0 bridgehead atoms. The largest absolute Gasteiger partial charge is 0.481 e. The molecule has 1 N–H and O–H groups in total. The summed E-state index contributed by atoms with van der Waals surface area (Å²) in [4.78, 5) is 22.9. The third-order valence-corrected chi connectivity index (χ3v) is 5.61. The van der Waals surface area contributed by atoms with Crippen molar-refractivity contribution >= 4 is 11.8 Å². The predicted octanol–water partition coefficient (Wildman–Crippen LogP) is 6.19. The number of carbonyl (C=O) groups excluding carboxylic acids is 1. The van der Waals surface area contributed by atoms with Crippen LogP contribution in [-0.2, 0) is 9.59 Å². The van der Waals surface area contributed by atoms with Crippen LogP contribution in [0.4, 0.5) is 0 Å². The number of ketones is 1. The van der Waals surface area contributed by atoms with E-state index in [1.165, 1.54) is 19.3 Å². The van der Waals surface area contributed by atoms with Gasteiger partial charge in [-0.1, -0.05) is 64.8 Å². The molecule has 0 aromatic carbocycles. The van der Waals surface area contributed by atoms with Gasteiger partial charge in [0.25, 0.3) is 0 Å². The number of hydrogen-bond acceptors (Lipinski definition) is 2. The molecule has 3 heteroatoms. The highest BCUT2D eigenvalue weighted by atomic mass is 16.4. The number of hydrogen-bond donors (Lipinski definition) is 1. The molecule has 0 spiro atoms. The minimum Gasteiger partial charge on any atom is -0.481 e. The van der Waals surface area contributed by atoms with Crippen molar-refractivity contribution in [2.45, 2.75) is 85.5 Å². The van der Waals surface area contributed by atoms with Gasteiger partial charge in [-0.25, -0.2) is 0 Å². The Morgan fingerprint density at radius 2 is 1.96 bits per heavy atom. The second-order valence-electron chi connectivity index (χ2n) is 8.72. The molecule has 3 atom stereocenters. The highest BCUT2D eigenvalue weighted by Crippen LogP contribution is 2.38. The number of unbranched alkanes of at least 4 members (excludes halogenated alkanes) is 2. The van der Waals surface area contributed by atoms with E-state index in [2.05, 4.69) is 45.9 Å². The van der Waals surface area contributed by atoms with E-state index in [1.54, 1.807) is 0 Å². The van der Waals surface area contributed by atoms with Crippen LogP contribution < -0.4 is 0 Å². The maximum atomic E-state index is 12.4. The van der Waals surface area contributed by atoms with E-state index in [4.69, 9.17) is 5.11 Å². The van der Waals surface area contributed by atoms with E-state index in [1.807, 2.05) is 6.08 Å². The molecule has 1 aliphatic rings. The summed E-state index contributed by atoms with van der Waals surface area (Å²) in [5.41, 5.74) is 0.331. The first kappa shape index (κ1) is 22.7. The quantitative estimate of drug-likeness (QED) is 0.332. The topological polar surface area (TPSA) is 54.4 Å². The van der Waals surface area contributed by atoms with E-state index < -0.39 is 5.97 Å². The Bertz CT molecular complexity index is 502. The van der Waals surface area contributed by atoms with Crippen molar-refractivity contribution in [2.75, 3.05) is 0 Å². The Kier molecular flexibility index (Phi) is 9.90. The predicted molar refractivity (Wildman–Crippen MR) is 108 cm³/mol. The van der Waals surface area contributed by atoms with E-state index in [0.717, 1.165) is 19.3 Å². The van der Waals surface area contributed by atoms with Crippen LogP contribution in [0.15, 0.2) is 24.3 Å². The molecule has 3 nitrogen and oxygen atoms in total. The van der Waals surface area contributed by atoms with Gasteiger partial charge in [0.1, 0.15) is 5.78 Å². The molecular weight excluding hydrogens is 324 g/mol. The van der Waals surface area contributed by atoms with Gasteiger partial charge in [0, 0.05) is 18.8 Å². The van der Waals surface area contributed by atoms with Crippen LogP contribution in [0.2, 0.25) is 0 Å². The molecule has 148 valence electrons. The summed E-state index contributed by atoms with van der Waals surface area (Å²) < 4.78 is 0. The minimum atomic E-state index is -0.745. The molecule has 1 aliphatic carbocycles. The zero-order chi connectivity index (χ0) is 19.6. The number of allylic oxidation sites excluding steroid dienone is 4. The summed E-state index contributed by atoms with van der Waals surface area (Å²) in [6, 6.07) is 0. The zero-order valence-electron chi connectivity index (χ0n) is 17.2. The van der Waals surface area contributed by atoms with Gasteiger partial charge >= 0.3 is 5.97 Å². The van der Waals surface area contributed by atoms with Crippen molar-refractivity contribution in [3.05, 3.63) is 24.3 Å². The number of carboxylic acids is 1. The zero-order valence-corrected chi connectivity index (χ0v) is 17.2. The Hall–Kier alpha value is -1.38. The summed E-state index contributed by atoms with van der Waals surface area (Å²) in [6.07, 6.45) is 16.7. The third-order valence-electron chi connectivity index (χ3n) is 5.61. The minimum absolute atomic E-state index is 0.0933. The summed E-state index contributed by atoms with van der Waals surface area (Å²) in [5, 5.41) is 8.65. The second kappa shape index (κ2) is 11.4. The van der Waals surface area contributed by atoms with Gasteiger partial charge in [-0.05, 0) is 49.4 Å². The van der Waals surface area contributed by atoms with Crippen LogP contribution in [0.5, 0.6) is 0 Å². The van der Waals surface area contributed by atoms with Gasteiger partial charge in [0.15, 0.2) is 0 Å². The lowest BCUT2D eigenvalue weighted by Crippen LogP contribution is -2.15. The van der Waals surface area contributed by atoms with E-state index >= 15 is 0 Å². The number of rotatable bonds is 12. The molecular formula is C23H38O3. The molecule has 0 heterocycles. The van der Waals surface area contributed by atoms with Crippen LogP contribution in [0.3, 0.4) is 0 Å². The number of carbonyl (C=O) groups is 2. The lowest BCUT2D eigenvalue weighted by molar-refractivity contribution is -0.137. The first-order valence-corrected chi connectivity index (χ1v) is 10.3. The van der Waals surface area contributed by atoms with Gasteiger partial charge in [-0.2, -0.15) is 0 Å². The fraction of sp³-hybridized carbons (Fsp3) is 0.739. The number of carboxylic acid groups (broad SMARTS) is 1. The lowest BCUT2D eigenvalue weighted by atomic mass is 9.82. The van der Waals surface area contributed by atoms with Crippen molar-refractivity contribution < 1.29 is 14.7 Å². The van der Waals surface area contributed by atoms with Gasteiger partial charge < -0.3 is 5.11 Å². The molecule has 0 saturated heterocycles. The Morgan fingerprint density at radius 3 is 2.62 bits per heavy atom. The monoisotopic (exact) mass is 362 g/mol. The van der Waals surface area contributed by atoms with Crippen LogP contribution >= 0.6 is 0 Å². The van der Waals surface area contributed by atoms with Crippen molar-refractivity contribution in [3.63, 3.8) is 0 Å². The van der Waals surface area contributed by atoms with E-state index in [-0.39, 0.29) is 12.3 Å². The van der Waals surface area contributed by atoms with Crippen molar-refractivity contribution in [1.29, 1.82) is 0 Å². The molecule has 0 aromatic heterocycles. The standard InChI is InChI=1S/C23H38O3/c1-5-6-15-23(3,4)16-11-13-19-18(2)17-21(24)20(19)12-9-7-8-10-14-22(25)26/h7,9,11,13,18-20H,5-6,8,10,12,14-17H2,1-4H3,(H,25,26)/t18?,19-,20+/m0/s1. The average molecular weight is 363 g/mol. The molecule has 1 unspecified atom stereocenters. The SMILES string of the molecule is CCCCC(C)(C)CC=C[C@H]1C(C)CC(=O)[C@@H]1CC=CCCCC(=O)O. The normalized spacial score (nSPS) is 24.2. The third kappa shape index (κ3) is 8.33. The van der Waals surface area contributed by atoms with Gasteiger partial charge in [-0.3, -0.25) is 9.59 Å². The Morgan fingerprint density at radius 1 is 1.23 bits per heavy atom. The number of Topliss-reactive ketones (excluding diaryl/α,β-unsaturated/α-hetero) is 1. The summed E-state index contributed by atoms with van der Waals surface area (Å²) in [6.45, 7) is 9.07. The fourth-order valence-corrected chi connectivity index (χ4v) is 3.86. The summed E-state index contributed by atoms with van der Waals surface area (Å²) in [7, 11) is 0. The van der Waals surface area contributed by atoms with Crippen molar-refractivity contribution in [3.8, 4) is 0 Å². The van der Waals surface area contributed by atoms with Crippen molar-refractivity contribution in [1.82, 2.24) is 0 Å². The fourth-order valence-electron chi connectivity index (χ4n) is 3.86. The lowest BCUT2D eigenvalue weighted by Gasteiger charge is -2.23. The average Bonchev–Trinajstić information content (AvgIpc) is 2.82. The molecule has 0 aliphatic heterocycles. The highest BCUT2D eigenvalue weighted by molar-refractivity contribution is 5.84. The van der Waals surface area contributed by atoms with Gasteiger partial charge in [0.2, 0.25) is 0 Å². The molecule has 1 saturated carbocycles. The summed E-state index contributed by atoms with van der Waals surface area (Å²) >= 11 is 0. The summed E-state index contributed by atoms with van der Waals surface area (Å²) in [5.74, 6) is 0.490. The first-order chi connectivity index (χ1) is 12.3. The van der Waals surface area contributed by atoms with E-state index in [9.17, 15) is 9.59 Å². The molecule has 0 aromatic rings. The van der Waals surface area contributed by atoms with E-state index in [0.29, 0.717) is 35.9 Å². The molecule has 0 amide bonds. The number of aliphatic carboxylic acids is 1. The second-order valence-corrected chi connectivity index (χ2v) is 8.72. The van der Waals surface area contributed by atoms with Gasteiger partial charge in [-0.15, -0.1) is 0 Å². The molecule has 1 fully saturated rings. The van der Waals surface area contributed by atoms with Crippen LogP contribution in [0, 0.1) is 23.2 Å². The van der Waals surface area contributed by atoms with Crippen LogP contribution in [0.1, 0.15) is 85.5 Å². The molecule has 0 radical (unpaired) electrons. The highest BCUT2D eigenvalue weighted by Gasteiger charge is 2.37.